The first kappa shape index (κ1) is 9.12. The molecular formula is C9H8N2O2. The highest BCUT2D eigenvalue weighted by Gasteiger charge is 1.87. The first-order chi connectivity index (χ1) is 6.38. The van der Waals surface area contributed by atoms with Gasteiger partial charge in [0.1, 0.15) is 0 Å². The van der Waals surface area contributed by atoms with Crippen LogP contribution in [0.25, 0.3) is 10.9 Å². The van der Waals surface area contributed by atoms with Gasteiger partial charge in [-0.05, 0) is 12.1 Å². The van der Waals surface area contributed by atoms with Gasteiger partial charge in [0.05, 0.1) is 11.7 Å². The Labute approximate surface area is 74.9 Å². The molecule has 66 valence electrons. The maximum Gasteiger partial charge on any atom is 0.290 e. The van der Waals surface area contributed by atoms with Crippen molar-refractivity contribution in [2.24, 2.45) is 0 Å². The van der Waals surface area contributed by atoms with Crippen LogP contribution in [0.5, 0.6) is 0 Å². The zero-order valence-electron chi connectivity index (χ0n) is 6.79. The Morgan fingerprint density at radius 2 is 2.08 bits per heavy atom. The quantitative estimate of drug-likeness (QED) is 0.615. The lowest BCUT2D eigenvalue weighted by Crippen LogP contribution is -1.76. The minimum atomic E-state index is -0.250. The second-order valence-corrected chi connectivity index (χ2v) is 2.18. The van der Waals surface area contributed by atoms with E-state index < -0.39 is 0 Å². The number of hydrogen-bond acceptors (Lipinski definition) is 3. The molecule has 0 aliphatic rings. The van der Waals surface area contributed by atoms with Crippen LogP contribution in [-0.4, -0.2) is 21.5 Å². The Morgan fingerprint density at radius 1 is 1.31 bits per heavy atom. The minimum absolute atomic E-state index is 0.250. The average Bonchev–Trinajstić information content (AvgIpc) is 2.19. The molecule has 2 aromatic heterocycles. The van der Waals surface area contributed by atoms with Crippen LogP contribution in [0.4, 0.5) is 0 Å². The molecule has 0 spiro atoms. The van der Waals surface area contributed by atoms with Crippen LogP contribution in [0, 0.1) is 0 Å². The fourth-order valence-corrected chi connectivity index (χ4v) is 0.916. The van der Waals surface area contributed by atoms with Gasteiger partial charge in [-0.3, -0.25) is 14.8 Å². The van der Waals surface area contributed by atoms with Crippen molar-refractivity contribution in [1.82, 2.24) is 9.97 Å². The van der Waals surface area contributed by atoms with Crippen molar-refractivity contribution in [2.75, 3.05) is 0 Å². The molecule has 0 unspecified atom stereocenters. The molecule has 1 N–H and O–H groups in total. The topological polar surface area (TPSA) is 63.1 Å². The molecule has 0 saturated heterocycles. The van der Waals surface area contributed by atoms with E-state index in [1.54, 1.807) is 18.6 Å². The molecule has 2 aromatic rings. The number of carboxylic acid groups (broad SMARTS) is 1. The smallest absolute Gasteiger partial charge is 0.290 e. The zero-order valence-corrected chi connectivity index (χ0v) is 6.79. The lowest BCUT2D eigenvalue weighted by atomic mass is 10.3. The Kier molecular flexibility index (Phi) is 3.38. The van der Waals surface area contributed by atoms with Crippen LogP contribution < -0.4 is 0 Å². The number of fused-ring (bicyclic) bond motifs is 1. The lowest BCUT2D eigenvalue weighted by molar-refractivity contribution is -0.122. The molecule has 0 fully saturated rings. The zero-order chi connectivity index (χ0) is 9.52. The molecule has 13 heavy (non-hydrogen) atoms. The summed E-state index contributed by atoms with van der Waals surface area (Å²) in [5.74, 6) is 0. The minimum Gasteiger partial charge on any atom is -0.483 e. The molecule has 4 nitrogen and oxygen atoms in total. The monoisotopic (exact) mass is 176 g/mol. The standard InChI is InChI=1S/C8H6N2.CH2O2/c1-2-7-3-5-9-6-8(7)10-4-1;2-1-3/h1-6H;1H,(H,2,3). The second-order valence-electron chi connectivity index (χ2n) is 2.18. The molecule has 0 aromatic carbocycles. The molecular weight excluding hydrogens is 168 g/mol. The summed E-state index contributed by atoms with van der Waals surface area (Å²) in [7, 11) is 0. The summed E-state index contributed by atoms with van der Waals surface area (Å²) in [5.41, 5.74) is 0.949. The molecule has 0 bridgehead atoms. The van der Waals surface area contributed by atoms with E-state index in [4.69, 9.17) is 9.90 Å². The first-order valence-corrected chi connectivity index (χ1v) is 3.61. The van der Waals surface area contributed by atoms with Crippen LogP contribution in [0.3, 0.4) is 0 Å². The molecule has 0 atom stereocenters. The van der Waals surface area contributed by atoms with E-state index in [1.807, 2.05) is 18.2 Å². The van der Waals surface area contributed by atoms with E-state index in [1.165, 1.54) is 0 Å². The van der Waals surface area contributed by atoms with Crippen molar-refractivity contribution >= 4 is 17.4 Å². The van der Waals surface area contributed by atoms with Crippen LogP contribution in [-0.2, 0) is 4.79 Å². The third-order valence-corrected chi connectivity index (χ3v) is 1.41. The van der Waals surface area contributed by atoms with Gasteiger partial charge in [0, 0.05) is 17.8 Å². The van der Waals surface area contributed by atoms with Crippen LogP contribution in [0.2, 0.25) is 0 Å². The summed E-state index contributed by atoms with van der Waals surface area (Å²) in [4.78, 5) is 16.4. The molecule has 0 aliphatic carbocycles. The molecule has 0 radical (unpaired) electrons. The third-order valence-electron chi connectivity index (χ3n) is 1.41. The third kappa shape index (κ3) is 2.52. The van der Waals surface area contributed by atoms with Crippen molar-refractivity contribution in [1.29, 1.82) is 0 Å². The van der Waals surface area contributed by atoms with E-state index in [0.29, 0.717) is 0 Å². The van der Waals surface area contributed by atoms with Crippen molar-refractivity contribution in [3.63, 3.8) is 0 Å². The summed E-state index contributed by atoms with van der Waals surface area (Å²) in [5, 5.41) is 8.03. The van der Waals surface area contributed by atoms with Crippen LogP contribution in [0.1, 0.15) is 0 Å². The number of aromatic nitrogens is 2. The normalized spacial score (nSPS) is 8.62. The fraction of sp³-hybridized carbons (Fsp3) is 0. The summed E-state index contributed by atoms with van der Waals surface area (Å²) in [6, 6.07) is 5.88. The predicted molar refractivity (Wildman–Crippen MR) is 48.2 cm³/mol. The molecule has 0 amide bonds. The largest absolute Gasteiger partial charge is 0.483 e. The van der Waals surface area contributed by atoms with Crippen molar-refractivity contribution < 1.29 is 9.90 Å². The number of hydrogen-bond donors (Lipinski definition) is 1. The Morgan fingerprint density at radius 3 is 2.77 bits per heavy atom. The number of pyridine rings is 2. The second kappa shape index (κ2) is 4.82. The molecule has 4 heteroatoms. The van der Waals surface area contributed by atoms with Crippen molar-refractivity contribution in [2.45, 2.75) is 0 Å². The highest BCUT2D eigenvalue weighted by atomic mass is 16.3. The SMILES string of the molecule is O=CO.c1cnc2cnccc2c1. The van der Waals surface area contributed by atoms with E-state index in [0.717, 1.165) is 10.9 Å². The average molecular weight is 176 g/mol. The number of rotatable bonds is 0. The van der Waals surface area contributed by atoms with Gasteiger partial charge in [0.15, 0.2) is 0 Å². The van der Waals surface area contributed by atoms with E-state index in [2.05, 4.69) is 9.97 Å². The van der Waals surface area contributed by atoms with Gasteiger partial charge >= 0.3 is 0 Å². The highest BCUT2D eigenvalue weighted by molar-refractivity contribution is 5.76. The van der Waals surface area contributed by atoms with Crippen LogP contribution in [0.15, 0.2) is 36.8 Å². The fourth-order valence-electron chi connectivity index (χ4n) is 0.916. The Balaban J connectivity index is 0.000000251. The van der Waals surface area contributed by atoms with E-state index in [-0.39, 0.29) is 6.47 Å². The maximum absolute atomic E-state index is 8.36. The van der Waals surface area contributed by atoms with Crippen molar-refractivity contribution in [3.05, 3.63) is 36.8 Å². The van der Waals surface area contributed by atoms with Gasteiger partial charge < -0.3 is 5.11 Å². The summed E-state index contributed by atoms with van der Waals surface area (Å²) in [6.45, 7) is -0.250. The molecule has 0 aliphatic heterocycles. The van der Waals surface area contributed by atoms with Gasteiger partial charge in [-0.15, -0.1) is 0 Å². The Hall–Kier alpha value is -1.97. The number of nitrogens with zero attached hydrogens (tertiary/aromatic N) is 2. The first-order valence-electron chi connectivity index (χ1n) is 3.61. The van der Waals surface area contributed by atoms with Crippen LogP contribution >= 0.6 is 0 Å². The lowest BCUT2D eigenvalue weighted by Gasteiger charge is -1.90. The van der Waals surface area contributed by atoms with Gasteiger partial charge in [0.2, 0.25) is 0 Å². The summed E-state index contributed by atoms with van der Waals surface area (Å²) >= 11 is 0. The number of carbonyl (C=O) groups is 1. The van der Waals surface area contributed by atoms with Gasteiger partial charge in [-0.25, -0.2) is 0 Å². The molecule has 0 saturated carbocycles. The highest BCUT2D eigenvalue weighted by Crippen LogP contribution is 2.05. The van der Waals surface area contributed by atoms with Gasteiger partial charge in [-0.1, -0.05) is 6.07 Å². The van der Waals surface area contributed by atoms with E-state index >= 15 is 0 Å². The molecule has 2 rings (SSSR count). The molecule has 2 heterocycles. The summed E-state index contributed by atoms with van der Waals surface area (Å²) < 4.78 is 0. The predicted octanol–water partition coefficient (Wildman–Crippen LogP) is 1.33. The van der Waals surface area contributed by atoms with Gasteiger partial charge in [-0.2, -0.15) is 0 Å². The Bertz CT molecular complexity index is 325. The maximum atomic E-state index is 8.36. The van der Waals surface area contributed by atoms with E-state index in [9.17, 15) is 0 Å². The summed E-state index contributed by atoms with van der Waals surface area (Å²) in [6.07, 6.45) is 5.30. The van der Waals surface area contributed by atoms with Gasteiger partial charge in [0.25, 0.3) is 6.47 Å². The van der Waals surface area contributed by atoms with Crippen molar-refractivity contribution in [3.8, 4) is 0 Å².